The highest BCUT2D eigenvalue weighted by Crippen LogP contribution is 2.44. The van der Waals surface area contributed by atoms with Crippen molar-refractivity contribution in [2.24, 2.45) is 11.3 Å². The van der Waals surface area contributed by atoms with Crippen LogP contribution < -0.4 is 10.6 Å². The number of aliphatic hydroxyl groups excluding tert-OH is 1. The van der Waals surface area contributed by atoms with E-state index >= 15 is 0 Å². The Labute approximate surface area is 111 Å². The molecule has 4 heteroatoms. The van der Waals surface area contributed by atoms with Gasteiger partial charge in [0.25, 0.3) is 0 Å². The van der Waals surface area contributed by atoms with E-state index in [0.29, 0.717) is 5.41 Å². The van der Waals surface area contributed by atoms with Gasteiger partial charge in [0.1, 0.15) is 0 Å². The molecule has 0 aliphatic heterocycles. The van der Waals surface area contributed by atoms with Crippen molar-refractivity contribution in [3.8, 4) is 0 Å². The molecule has 1 aliphatic rings. The fraction of sp³-hybridized carbons (Fsp3) is 0.929. The molecule has 0 aromatic rings. The van der Waals surface area contributed by atoms with E-state index in [1.807, 2.05) is 13.8 Å². The zero-order chi connectivity index (χ0) is 13.6. The summed E-state index contributed by atoms with van der Waals surface area (Å²) in [5.74, 6) is 0.0871. The molecule has 0 radical (unpaired) electrons. The van der Waals surface area contributed by atoms with E-state index in [4.69, 9.17) is 5.11 Å². The number of aliphatic hydroxyl groups is 1. The second-order valence-corrected chi connectivity index (χ2v) is 5.88. The van der Waals surface area contributed by atoms with Crippen LogP contribution >= 0.6 is 0 Å². The minimum atomic E-state index is -0.106. The molecule has 4 nitrogen and oxygen atoms in total. The third-order valence-corrected chi connectivity index (χ3v) is 4.32. The largest absolute Gasteiger partial charge is 0.396 e. The zero-order valence-electron chi connectivity index (χ0n) is 12.0. The van der Waals surface area contributed by atoms with E-state index in [9.17, 15) is 4.79 Å². The Morgan fingerprint density at radius 1 is 1.39 bits per heavy atom. The van der Waals surface area contributed by atoms with Crippen LogP contribution in [0.15, 0.2) is 0 Å². The van der Waals surface area contributed by atoms with Gasteiger partial charge in [0.15, 0.2) is 0 Å². The molecule has 3 N–H and O–H groups in total. The normalized spacial score (nSPS) is 20.7. The molecule has 1 aliphatic carbocycles. The molecule has 0 aromatic carbocycles. The summed E-state index contributed by atoms with van der Waals surface area (Å²) < 4.78 is 0. The van der Waals surface area contributed by atoms with E-state index in [1.165, 1.54) is 32.1 Å². The molecule has 1 rings (SSSR count). The number of hydrogen-bond donors (Lipinski definition) is 3. The molecule has 2 unspecified atom stereocenters. The summed E-state index contributed by atoms with van der Waals surface area (Å²) >= 11 is 0. The zero-order valence-corrected chi connectivity index (χ0v) is 12.0. The van der Waals surface area contributed by atoms with Gasteiger partial charge < -0.3 is 15.7 Å². The summed E-state index contributed by atoms with van der Waals surface area (Å²) in [7, 11) is 0. The summed E-state index contributed by atoms with van der Waals surface area (Å²) in [6.07, 6.45) is 6.16. The first kappa shape index (κ1) is 15.3. The number of urea groups is 1. The van der Waals surface area contributed by atoms with Crippen molar-refractivity contribution in [3.05, 3.63) is 0 Å². The molecule has 0 spiro atoms. The molecule has 18 heavy (non-hydrogen) atoms. The van der Waals surface area contributed by atoms with Crippen molar-refractivity contribution in [1.29, 1.82) is 0 Å². The Balaban J connectivity index is 2.28. The Morgan fingerprint density at radius 3 is 2.50 bits per heavy atom. The van der Waals surface area contributed by atoms with E-state index in [0.717, 1.165) is 6.54 Å². The molecule has 106 valence electrons. The van der Waals surface area contributed by atoms with Gasteiger partial charge in [0, 0.05) is 19.2 Å². The molecule has 0 heterocycles. The standard InChI is InChI=1S/C14H28N2O2/c1-4-6-14(7-5-8-14)10-15-13(18)16-12(3)11(2)9-17/h11-12,17H,4-10H2,1-3H3,(H2,15,16,18). The van der Waals surface area contributed by atoms with Crippen LogP contribution in [0, 0.1) is 11.3 Å². The molecular weight excluding hydrogens is 228 g/mol. The van der Waals surface area contributed by atoms with Gasteiger partial charge in [-0.05, 0) is 37.5 Å². The van der Waals surface area contributed by atoms with E-state index in [1.54, 1.807) is 0 Å². The number of rotatable bonds is 7. The van der Waals surface area contributed by atoms with Gasteiger partial charge in [-0.2, -0.15) is 0 Å². The highest BCUT2D eigenvalue weighted by atomic mass is 16.3. The second kappa shape index (κ2) is 6.98. The lowest BCUT2D eigenvalue weighted by molar-refractivity contribution is 0.117. The van der Waals surface area contributed by atoms with Crippen LogP contribution in [-0.4, -0.2) is 30.3 Å². The molecule has 0 bridgehead atoms. The van der Waals surface area contributed by atoms with Crippen LogP contribution in [-0.2, 0) is 0 Å². The van der Waals surface area contributed by atoms with E-state index < -0.39 is 0 Å². The SMILES string of the molecule is CCCC1(CNC(=O)NC(C)C(C)CO)CCC1. The number of hydrogen-bond acceptors (Lipinski definition) is 2. The Hall–Kier alpha value is -0.770. The molecule has 2 amide bonds. The van der Waals surface area contributed by atoms with Gasteiger partial charge >= 0.3 is 6.03 Å². The van der Waals surface area contributed by atoms with Crippen molar-refractivity contribution in [2.45, 2.75) is 58.9 Å². The highest BCUT2D eigenvalue weighted by molar-refractivity contribution is 5.74. The first-order chi connectivity index (χ1) is 8.53. The summed E-state index contributed by atoms with van der Waals surface area (Å²) in [5, 5.41) is 14.9. The van der Waals surface area contributed by atoms with Gasteiger partial charge in [0.05, 0.1) is 0 Å². The van der Waals surface area contributed by atoms with Gasteiger partial charge in [-0.3, -0.25) is 0 Å². The lowest BCUT2D eigenvalue weighted by Crippen LogP contribution is -2.49. The van der Waals surface area contributed by atoms with Crippen LogP contribution in [0.1, 0.15) is 52.9 Å². The van der Waals surface area contributed by atoms with Crippen LogP contribution in [0.5, 0.6) is 0 Å². The fourth-order valence-corrected chi connectivity index (χ4v) is 2.55. The Kier molecular flexibility index (Phi) is 5.93. The highest BCUT2D eigenvalue weighted by Gasteiger charge is 2.36. The summed E-state index contributed by atoms with van der Waals surface area (Å²) in [4.78, 5) is 11.8. The minimum absolute atomic E-state index is 0.00137. The average Bonchev–Trinajstić information content (AvgIpc) is 2.31. The van der Waals surface area contributed by atoms with Gasteiger partial charge in [-0.25, -0.2) is 4.79 Å². The number of amides is 2. The van der Waals surface area contributed by atoms with Crippen molar-refractivity contribution < 1.29 is 9.90 Å². The first-order valence-corrected chi connectivity index (χ1v) is 7.18. The summed E-state index contributed by atoms with van der Waals surface area (Å²) in [6.45, 7) is 6.93. The quantitative estimate of drug-likeness (QED) is 0.654. The van der Waals surface area contributed by atoms with Crippen molar-refractivity contribution >= 4 is 6.03 Å². The molecular formula is C14H28N2O2. The van der Waals surface area contributed by atoms with Crippen LogP contribution in [0.4, 0.5) is 4.79 Å². The van der Waals surface area contributed by atoms with Crippen LogP contribution in [0.3, 0.4) is 0 Å². The fourth-order valence-electron chi connectivity index (χ4n) is 2.55. The first-order valence-electron chi connectivity index (χ1n) is 7.18. The summed E-state index contributed by atoms with van der Waals surface area (Å²) in [6, 6.07) is -0.108. The topological polar surface area (TPSA) is 61.4 Å². The molecule has 2 atom stereocenters. The van der Waals surface area contributed by atoms with Crippen molar-refractivity contribution in [2.75, 3.05) is 13.2 Å². The lowest BCUT2D eigenvalue weighted by Gasteiger charge is -2.42. The molecule has 1 fully saturated rings. The molecule has 1 saturated carbocycles. The van der Waals surface area contributed by atoms with Crippen molar-refractivity contribution in [3.63, 3.8) is 0 Å². The predicted octanol–water partition coefficient (Wildman–Crippen LogP) is 2.27. The third-order valence-electron chi connectivity index (χ3n) is 4.32. The maximum absolute atomic E-state index is 11.8. The Morgan fingerprint density at radius 2 is 2.06 bits per heavy atom. The number of carbonyl (C=O) groups is 1. The van der Waals surface area contributed by atoms with E-state index in [-0.39, 0.29) is 24.6 Å². The van der Waals surface area contributed by atoms with Gasteiger partial charge in [-0.1, -0.05) is 26.7 Å². The lowest BCUT2D eigenvalue weighted by atomic mass is 9.66. The second-order valence-electron chi connectivity index (χ2n) is 5.88. The van der Waals surface area contributed by atoms with Crippen LogP contribution in [0.25, 0.3) is 0 Å². The smallest absolute Gasteiger partial charge is 0.315 e. The van der Waals surface area contributed by atoms with Crippen LogP contribution in [0.2, 0.25) is 0 Å². The maximum atomic E-state index is 11.8. The van der Waals surface area contributed by atoms with Crippen molar-refractivity contribution in [1.82, 2.24) is 10.6 Å². The molecule has 0 aromatic heterocycles. The number of nitrogens with one attached hydrogen (secondary N) is 2. The third kappa shape index (κ3) is 4.16. The van der Waals surface area contributed by atoms with Gasteiger partial charge in [-0.15, -0.1) is 0 Å². The molecule has 0 saturated heterocycles. The van der Waals surface area contributed by atoms with Gasteiger partial charge in [0.2, 0.25) is 0 Å². The average molecular weight is 256 g/mol. The number of carbonyl (C=O) groups excluding carboxylic acids is 1. The van der Waals surface area contributed by atoms with E-state index in [2.05, 4.69) is 17.6 Å². The minimum Gasteiger partial charge on any atom is -0.396 e. The maximum Gasteiger partial charge on any atom is 0.315 e. The monoisotopic (exact) mass is 256 g/mol. The summed E-state index contributed by atoms with van der Waals surface area (Å²) in [5.41, 5.74) is 0.359. The predicted molar refractivity (Wildman–Crippen MR) is 73.4 cm³/mol. The Bertz CT molecular complexity index is 265.